The average Bonchev–Trinajstić information content (AvgIpc) is 2.37. The number of hydrogen-bond acceptors (Lipinski definition) is 1. The van der Waals surface area contributed by atoms with E-state index in [0.29, 0.717) is 11.1 Å². The summed E-state index contributed by atoms with van der Waals surface area (Å²) in [4.78, 5) is 11.0. The number of carboxylic acid groups (broad SMARTS) is 1. The van der Waals surface area contributed by atoms with Gasteiger partial charge in [-0.1, -0.05) is 42.5 Å². The van der Waals surface area contributed by atoms with Crippen molar-refractivity contribution in [2.45, 2.75) is 0 Å². The number of rotatable bonds is 3. The highest BCUT2D eigenvalue weighted by atomic mass is 19.1. The van der Waals surface area contributed by atoms with Gasteiger partial charge in [0.1, 0.15) is 5.82 Å². The molecule has 0 amide bonds. The van der Waals surface area contributed by atoms with Gasteiger partial charge in [-0.25, -0.2) is 9.18 Å². The van der Waals surface area contributed by atoms with E-state index < -0.39 is 5.97 Å². The fraction of sp³-hybridized carbons (Fsp3) is 0. The van der Waals surface area contributed by atoms with Crippen LogP contribution < -0.4 is 0 Å². The van der Waals surface area contributed by atoms with Crippen LogP contribution in [0.5, 0.6) is 0 Å². The molecule has 0 unspecified atom stereocenters. The molecule has 0 radical (unpaired) electrons. The van der Waals surface area contributed by atoms with E-state index in [0.717, 1.165) is 0 Å². The molecule has 0 atom stereocenters. The fourth-order valence-electron chi connectivity index (χ4n) is 1.63. The minimum atomic E-state index is -0.977. The molecular formula is C15H11FO2. The van der Waals surface area contributed by atoms with Crippen molar-refractivity contribution in [3.63, 3.8) is 0 Å². The maximum atomic E-state index is 13.0. The summed E-state index contributed by atoms with van der Waals surface area (Å²) in [5.41, 5.74) is 1.51. The molecule has 2 aromatic rings. The lowest BCUT2D eigenvalue weighted by Gasteiger charge is -2.00. The summed E-state index contributed by atoms with van der Waals surface area (Å²) in [5.74, 6) is -1.29. The topological polar surface area (TPSA) is 37.3 Å². The summed E-state index contributed by atoms with van der Waals surface area (Å²) < 4.78 is 13.0. The summed E-state index contributed by atoms with van der Waals surface area (Å²) in [6.07, 6.45) is 3.35. The van der Waals surface area contributed by atoms with Gasteiger partial charge < -0.3 is 5.11 Å². The van der Waals surface area contributed by atoms with Gasteiger partial charge in [-0.3, -0.25) is 0 Å². The molecule has 0 aromatic heterocycles. The lowest BCUT2D eigenvalue weighted by molar-refractivity contribution is 0.0696. The van der Waals surface area contributed by atoms with Gasteiger partial charge in [0.2, 0.25) is 0 Å². The van der Waals surface area contributed by atoms with Crippen LogP contribution in [0.2, 0.25) is 0 Å². The fourth-order valence-corrected chi connectivity index (χ4v) is 1.63. The standard InChI is InChI=1S/C15H11FO2/c16-13-6-3-4-11(10-13)8-9-12-5-1-2-7-14(12)15(17)18/h1-10H,(H,17,18). The SMILES string of the molecule is O=C(O)c1ccccc1C=Cc1cccc(F)c1. The van der Waals surface area contributed by atoms with Crippen molar-refractivity contribution in [1.82, 2.24) is 0 Å². The Morgan fingerprint density at radius 3 is 2.56 bits per heavy atom. The van der Waals surface area contributed by atoms with E-state index in [2.05, 4.69) is 0 Å². The molecule has 0 fully saturated rings. The highest BCUT2D eigenvalue weighted by molar-refractivity contribution is 5.93. The Labute approximate surface area is 104 Å². The predicted molar refractivity (Wildman–Crippen MR) is 68.7 cm³/mol. The van der Waals surface area contributed by atoms with E-state index in [1.807, 2.05) is 0 Å². The summed E-state index contributed by atoms with van der Waals surface area (Å²) in [6.45, 7) is 0. The van der Waals surface area contributed by atoms with Crippen LogP contribution in [0.4, 0.5) is 4.39 Å². The molecule has 0 aliphatic carbocycles. The van der Waals surface area contributed by atoms with Crippen molar-refractivity contribution < 1.29 is 14.3 Å². The van der Waals surface area contributed by atoms with Crippen molar-refractivity contribution >= 4 is 18.1 Å². The van der Waals surface area contributed by atoms with Gasteiger partial charge >= 0.3 is 5.97 Å². The van der Waals surface area contributed by atoms with Gasteiger partial charge in [0.25, 0.3) is 0 Å². The van der Waals surface area contributed by atoms with Crippen LogP contribution >= 0.6 is 0 Å². The third-order valence-corrected chi connectivity index (χ3v) is 2.50. The Bertz CT molecular complexity index is 603. The molecule has 90 valence electrons. The molecule has 0 saturated heterocycles. The Kier molecular flexibility index (Phi) is 3.53. The van der Waals surface area contributed by atoms with E-state index in [1.54, 1.807) is 42.5 Å². The molecule has 0 aliphatic rings. The van der Waals surface area contributed by atoms with Crippen LogP contribution in [0.1, 0.15) is 21.5 Å². The normalized spacial score (nSPS) is 10.7. The second-order valence-electron chi connectivity index (χ2n) is 3.78. The minimum Gasteiger partial charge on any atom is -0.478 e. The summed E-state index contributed by atoms with van der Waals surface area (Å²) in [5, 5.41) is 9.01. The molecule has 2 nitrogen and oxygen atoms in total. The van der Waals surface area contributed by atoms with Crippen molar-refractivity contribution in [2.24, 2.45) is 0 Å². The van der Waals surface area contributed by atoms with Crippen molar-refractivity contribution in [1.29, 1.82) is 0 Å². The Balaban J connectivity index is 2.32. The number of carbonyl (C=O) groups is 1. The van der Waals surface area contributed by atoms with Gasteiger partial charge in [-0.05, 0) is 29.3 Å². The smallest absolute Gasteiger partial charge is 0.336 e. The molecule has 0 aliphatic heterocycles. The Morgan fingerprint density at radius 1 is 1.06 bits per heavy atom. The van der Waals surface area contributed by atoms with Crippen LogP contribution in [0.15, 0.2) is 48.5 Å². The average molecular weight is 242 g/mol. The molecule has 0 bridgehead atoms. The summed E-state index contributed by atoms with van der Waals surface area (Å²) in [7, 11) is 0. The van der Waals surface area contributed by atoms with E-state index in [1.165, 1.54) is 18.2 Å². The van der Waals surface area contributed by atoms with Gasteiger partial charge in [0.15, 0.2) is 0 Å². The quantitative estimate of drug-likeness (QED) is 0.833. The molecule has 0 heterocycles. The van der Waals surface area contributed by atoms with E-state index in [4.69, 9.17) is 5.11 Å². The van der Waals surface area contributed by atoms with Crippen LogP contribution in [-0.4, -0.2) is 11.1 Å². The van der Waals surface area contributed by atoms with Gasteiger partial charge in [0.05, 0.1) is 5.56 Å². The van der Waals surface area contributed by atoms with Crippen LogP contribution in [0.25, 0.3) is 12.2 Å². The van der Waals surface area contributed by atoms with E-state index >= 15 is 0 Å². The maximum Gasteiger partial charge on any atom is 0.336 e. The largest absolute Gasteiger partial charge is 0.478 e. The highest BCUT2D eigenvalue weighted by Crippen LogP contribution is 2.14. The number of hydrogen-bond donors (Lipinski definition) is 1. The Morgan fingerprint density at radius 2 is 1.83 bits per heavy atom. The molecule has 18 heavy (non-hydrogen) atoms. The molecular weight excluding hydrogens is 231 g/mol. The number of halogens is 1. The first-order chi connectivity index (χ1) is 8.66. The van der Waals surface area contributed by atoms with E-state index in [-0.39, 0.29) is 11.4 Å². The minimum absolute atomic E-state index is 0.227. The monoisotopic (exact) mass is 242 g/mol. The Hall–Kier alpha value is -2.42. The number of aromatic carboxylic acids is 1. The third kappa shape index (κ3) is 2.83. The first-order valence-corrected chi connectivity index (χ1v) is 5.43. The van der Waals surface area contributed by atoms with Crippen LogP contribution in [0, 0.1) is 5.82 Å². The second-order valence-corrected chi connectivity index (χ2v) is 3.78. The summed E-state index contributed by atoms with van der Waals surface area (Å²) in [6, 6.07) is 12.8. The van der Waals surface area contributed by atoms with Crippen molar-refractivity contribution in [2.75, 3.05) is 0 Å². The lowest BCUT2D eigenvalue weighted by Crippen LogP contribution is -1.98. The molecule has 3 heteroatoms. The molecule has 0 saturated carbocycles. The zero-order chi connectivity index (χ0) is 13.0. The zero-order valence-corrected chi connectivity index (χ0v) is 9.51. The number of benzene rings is 2. The van der Waals surface area contributed by atoms with Gasteiger partial charge in [-0.15, -0.1) is 0 Å². The predicted octanol–water partition coefficient (Wildman–Crippen LogP) is 3.69. The van der Waals surface area contributed by atoms with Crippen molar-refractivity contribution in [3.05, 3.63) is 71.0 Å². The first-order valence-electron chi connectivity index (χ1n) is 5.43. The van der Waals surface area contributed by atoms with Crippen molar-refractivity contribution in [3.8, 4) is 0 Å². The number of carboxylic acids is 1. The second kappa shape index (κ2) is 5.27. The highest BCUT2D eigenvalue weighted by Gasteiger charge is 2.05. The molecule has 2 aromatic carbocycles. The molecule has 0 spiro atoms. The zero-order valence-electron chi connectivity index (χ0n) is 9.51. The third-order valence-electron chi connectivity index (χ3n) is 2.50. The molecule has 2 rings (SSSR count). The van der Waals surface area contributed by atoms with Gasteiger partial charge in [-0.2, -0.15) is 0 Å². The lowest BCUT2D eigenvalue weighted by atomic mass is 10.1. The molecule has 1 N–H and O–H groups in total. The first kappa shape index (κ1) is 12.0. The van der Waals surface area contributed by atoms with E-state index in [9.17, 15) is 9.18 Å². The maximum absolute atomic E-state index is 13.0. The van der Waals surface area contributed by atoms with Crippen LogP contribution in [-0.2, 0) is 0 Å². The van der Waals surface area contributed by atoms with Gasteiger partial charge in [0, 0.05) is 0 Å². The summed E-state index contributed by atoms with van der Waals surface area (Å²) >= 11 is 0. The van der Waals surface area contributed by atoms with Crippen LogP contribution in [0.3, 0.4) is 0 Å².